The zero-order chi connectivity index (χ0) is 26.7. The van der Waals surface area contributed by atoms with Crippen molar-refractivity contribution >= 4 is 32.9 Å². The van der Waals surface area contributed by atoms with Crippen LogP contribution in [0.5, 0.6) is 0 Å². The summed E-state index contributed by atoms with van der Waals surface area (Å²) in [5.41, 5.74) is 6.25. The minimum Gasteiger partial charge on any atom is -0.455 e. The van der Waals surface area contributed by atoms with E-state index in [0.29, 0.717) is 18.8 Å². The van der Waals surface area contributed by atoms with Crippen molar-refractivity contribution in [3.8, 4) is 5.69 Å². The standard InChI is InChI=1S/C29H40BrN5O2/c1-7-34(8-2)14-11-24(36)37-28(22-9-12-31-13-10-22)26-25-20(5)17-35(29(25)33-21(6)32-26)27-18(3)15-23(30)16-19(27)4/h15-17,22,28,31H,7-14H2,1-6H3. The summed E-state index contributed by atoms with van der Waals surface area (Å²) in [6.45, 7) is 16.9. The molecule has 0 saturated carbocycles. The third-order valence-corrected chi connectivity index (χ3v) is 8.00. The lowest BCUT2D eigenvalue weighted by atomic mass is 9.89. The average Bonchev–Trinajstić information content (AvgIpc) is 3.18. The molecule has 1 aromatic carbocycles. The van der Waals surface area contributed by atoms with E-state index in [9.17, 15) is 4.79 Å². The van der Waals surface area contributed by atoms with Crippen LogP contribution in [0.4, 0.5) is 0 Å². The Labute approximate surface area is 229 Å². The van der Waals surface area contributed by atoms with Gasteiger partial charge in [-0.2, -0.15) is 0 Å². The molecular weight excluding hydrogens is 530 g/mol. The number of nitrogens with one attached hydrogen (secondary N) is 1. The van der Waals surface area contributed by atoms with Gasteiger partial charge in [-0.25, -0.2) is 9.97 Å². The molecule has 3 heterocycles. The number of piperidine rings is 1. The van der Waals surface area contributed by atoms with Gasteiger partial charge in [-0.3, -0.25) is 4.79 Å². The number of carbonyl (C=O) groups excluding carboxylic acids is 1. The van der Waals surface area contributed by atoms with Gasteiger partial charge in [0.05, 0.1) is 17.8 Å². The zero-order valence-electron chi connectivity index (χ0n) is 23.0. The predicted octanol–water partition coefficient (Wildman–Crippen LogP) is 5.73. The van der Waals surface area contributed by atoms with Crippen molar-refractivity contribution in [2.75, 3.05) is 32.7 Å². The number of hydrogen-bond acceptors (Lipinski definition) is 6. The number of hydrogen-bond donors (Lipinski definition) is 1. The molecule has 2 aromatic heterocycles. The molecule has 1 saturated heterocycles. The van der Waals surface area contributed by atoms with Gasteiger partial charge in [0, 0.05) is 28.5 Å². The molecule has 37 heavy (non-hydrogen) atoms. The first-order chi connectivity index (χ1) is 17.7. The molecule has 8 heteroatoms. The number of carbonyl (C=O) groups is 1. The Balaban J connectivity index is 1.80. The Bertz CT molecular complexity index is 1240. The highest BCUT2D eigenvalue weighted by molar-refractivity contribution is 9.10. The first-order valence-electron chi connectivity index (χ1n) is 13.5. The molecular formula is C29H40BrN5O2. The highest BCUT2D eigenvalue weighted by atomic mass is 79.9. The molecule has 1 fully saturated rings. The van der Waals surface area contributed by atoms with E-state index in [1.54, 1.807) is 0 Å². The number of ether oxygens (including phenoxy) is 1. The summed E-state index contributed by atoms with van der Waals surface area (Å²) in [6, 6.07) is 4.27. The first-order valence-corrected chi connectivity index (χ1v) is 14.3. The van der Waals surface area contributed by atoms with Gasteiger partial charge in [0.15, 0.2) is 0 Å². The molecule has 1 aliphatic rings. The monoisotopic (exact) mass is 569 g/mol. The van der Waals surface area contributed by atoms with Gasteiger partial charge < -0.3 is 19.5 Å². The third-order valence-electron chi connectivity index (χ3n) is 7.54. The minimum absolute atomic E-state index is 0.156. The Morgan fingerprint density at radius 3 is 2.38 bits per heavy atom. The Hall–Kier alpha value is -2.29. The van der Waals surface area contributed by atoms with Crippen LogP contribution in [-0.4, -0.2) is 58.1 Å². The van der Waals surface area contributed by atoms with E-state index in [2.05, 4.69) is 83.7 Å². The van der Waals surface area contributed by atoms with E-state index < -0.39 is 6.10 Å². The van der Waals surface area contributed by atoms with Crippen LogP contribution >= 0.6 is 15.9 Å². The highest BCUT2D eigenvalue weighted by Gasteiger charge is 2.33. The average molecular weight is 571 g/mol. The van der Waals surface area contributed by atoms with Crippen molar-refractivity contribution in [1.29, 1.82) is 0 Å². The maximum Gasteiger partial charge on any atom is 0.307 e. The van der Waals surface area contributed by atoms with Gasteiger partial charge in [0.25, 0.3) is 0 Å². The summed E-state index contributed by atoms with van der Waals surface area (Å²) in [6.07, 6.45) is 4.03. The molecule has 0 aliphatic carbocycles. The second-order valence-electron chi connectivity index (χ2n) is 10.2. The van der Waals surface area contributed by atoms with Crippen molar-refractivity contribution < 1.29 is 9.53 Å². The maximum atomic E-state index is 13.1. The number of halogens is 1. The van der Waals surface area contributed by atoms with Crippen LogP contribution in [0.15, 0.2) is 22.8 Å². The number of aromatic nitrogens is 3. The third kappa shape index (κ3) is 6.07. The van der Waals surface area contributed by atoms with Gasteiger partial charge in [0.1, 0.15) is 17.6 Å². The fourth-order valence-corrected chi connectivity index (χ4v) is 6.31. The molecule has 4 rings (SSSR count). The van der Waals surface area contributed by atoms with E-state index in [1.165, 1.54) is 11.1 Å². The number of benzene rings is 1. The summed E-state index contributed by atoms with van der Waals surface area (Å²) >= 11 is 3.62. The van der Waals surface area contributed by atoms with E-state index >= 15 is 0 Å². The smallest absolute Gasteiger partial charge is 0.307 e. The highest BCUT2D eigenvalue weighted by Crippen LogP contribution is 2.38. The normalized spacial score (nSPS) is 15.5. The van der Waals surface area contributed by atoms with Crippen molar-refractivity contribution in [3.05, 3.63) is 51.0 Å². The van der Waals surface area contributed by atoms with Crippen LogP contribution in [0.1, 0.15) is 67.4 Å². The number of aryl methyl sites for hydroxylation is 4. The van der Waals surface area contributed by atoms with Crippen LogP contribution in [0.2, 0.25) is 0 Å². The topological polar surface area (TPSA) is 72.3 Å². The predicted molar refractivity (Wildman–Crippen MR) is 152 cm³/mol. The van der Waals surface area contributed by atoms with Crippen LogP contribution in [0.25, 0.3) is 16.7 Å². The molecule has 1 unspecified atom stereocenters. The fraction of sp³-hybridized carbons (Fsp3) is 0.552. The summed E-state index contributed by atoms with van der Waals surface area (Å²) in [7, 11) is 0. The largest absolute Gasteiger partial charge is 0.455 e. The van der Waals surface area contributed by atoms with Gasteiger partial charge in [-0.05, 0) is 95.5 Å². The second kappa shape index (κ2) is 12.0. The summed E-state index contributed by atoms with van der Waals surface area (Å²) < 4.78 is 9.56. The fourth-order valence-electron chi connectivity index (χ4n) is 5.62. The number of fused-ring (bicyclic) bond motifs is 1. The Kier molecular flexibility index (Phi) is 9.03. The van der Waals surface area contributed by atoms with Crippen molar-refractivity contribution in [2.24, 2.45) is 5.92 Å². The molecule has 3 aromatic rings. The van der Waals surface area contributed by atoms with E-state index in [4.69, 9.17) is 14.7 Å². The number of nitrogens with zero attached hydrogens (tertiary/aromatic N) is 4. The molecule has 0 spiro atoms. The van der Waals surface area contributed by atoms with Crippen molar-refractivity contribution in [2.45, 2.75) is 66.9 Å². The quantitative estimate of drug-likeness (QED) is 0.331. The van der Waals surface area contributed by atoms with Gasteiger partial charge >= 0.3 is 5.97 Å². The number of esters is 1. The lowest BCUT2D eigenvalue weighted by Gasteiger charge is -2.31. The molecule has 1 aliphatic heterocycles. The molecule has 1 N–H and O–H groups in total. The van der Waals surface area contributed by atoms with Crippen LogP contribution in [-0.2, 0) is 9.53 Å². The lowest BCUT2D eigenvalue weighted by molar-refractivity contribution is -0.153. The van der Waals surface area contributed by atoms with Crippen LogP contribution in [0.3, 0.4) is 0 Å². The van der Waals surface area contributed by atoms with Crippen LogP contribution < -0.4 is 5.32 Å². The number of rotatable bonds is 9. The van der Waals surface area contributed by atoms with E-state index in [1.807, 2.05) is 6.92 Å². The van der Waals surface area contributed by atoms with Gasteiger partial charge in [0.2, 0.25) is 0 Å². The minimum atomic E-state index is -0.392. The Morgan fingerprint density at radius 1 is 1.11 bits per heavy atom. The Morgan fingerprint density at radius 2 is 1.76 bits per heavy atom. The molecule has 1 atom stereocenters. The SMILES string of the molecule is CCN(CC)CCC(=O)OC(c1nc(C)nc2c1c(C)cn2-c1c(C)cc(Br)cc1C)C1CCNCC1. The van der Waals surface area contributed by atoms with E-state index in [0.717, 1.165) is 71.5 Å². The molecule has 200 valence electrons. The first kappa shape index (κ1) is 27.7. The molecule has 0 bridgehead atoms. The lowest BCUT2D eigenvalue weighted by Crippen LogP contribution is -2.33. The van der Waals surface area contributed by atoms with Gasteiger partial charge in [-0.15, -0.1) is 0 Å². The second-order valence-corrected chi connectivity index (χ2v) is 11.1. The van der Waals surface area contributed by atoms with E-state index in [-0.39, 0.29) is 11.9 Å². The van der Waals surface area contributed by atoms with Crippen molar-refractivity contribution in [1.82, 2.24) is 24.8 Å². The molecule has 0 radical (unpaired) electrons. The van der Waals surface area contributed by atoms with Gasteiger partial charge in [-0.1, -0.05) is 29.8 Å². The summed E-state index contributed by atoms with van der Waals surface area (Å²) in [5, 5.41) is 4.44. The summed E-state index contributed by atoms with van der Waals surface area (Å²) in [5.74, 6) is 0.749. The summed E-state index contributed by atoms with van der Waals surface area (Å²) in [4.78, 5) is 25.2. The van der Waals surface area contributed by atoms with Crippen LogP contribution in [0, 0.1) is 33.6 Å². The zero-order valence-corrected chi connectivity index (χ0v) is 24.6. The molecule has 7 nitrogen and oxygen atoms in total. The molecule has 0 amide bonds. The maximum absolute atomic E-state index is 13.1. The van der Waals surface area contributed by atoms with Crippen molar-refractivity contribution in [3.63, 3.8) is 0 Å².